The zero-order valence-electron chi connectivity index (χ0n) is 29.9. The van der Waals surface area contributed by atoms with E-state index in [0.717, 1.165) is 5.69 Å². The van der Waals surface area contributed by atoms with E-state index in [1.807, 2.05) is 19.0 Å². The van der Waals surface area contributed by atoms with Crippen molar-refractivity contribution < 1.29 is 69.0 Å². The maximum absolute atomic E-state index is 13.1. The topological polar surface area (TPSA) is 371 Å². The van der Waals surface area contributed by atoms with Crippen molar-refractivity contribution in [3.8, 4) is 0 Å². The summed E-state index contributed by atoms with van der Waals surface area (Å²) in [4.78, 5) is 15.0. The molecule has 1 aromatic carbocycles. The van der Waals surface area contributed by atoms with Crippen LogP contribution in [0.3, 0.4) is 0 Å². The molecule has 0 radical (unpaired) electrons. The Morgan fingerprint density at radius 3 is 1.87 bits per heavy atom. The first-order chi connectivity index (χ1) is 25.6. The van der Waals surface area contributed by atoms with Crippen LogP contribution in [0.4, 0.5) is 16.2 Å². The molecule has 19 atom stereocenters. The van der Waals surface area contributed by atoms with Crippen molar-refractivity contribution in [3.05, 3.63) is 24.3 Å². The predicted molar refractivity (Wildman–Crippen MR) is 187 cm³/mol. The molecule has 0 aromatic heterocycles. The molecule has 4 aliphatic rings. The van der Waals surface area contributed by atoms with Gasteiger partial charge in [0.2, 0.25) is 0 Å². The molecule has 3 aliphatic heterocycles. The van der Waals surface area contributed by atoms with Crippen LogP contribution in [0.1, 0.15) is 6.42 Å². The number of rotatable bonds is 12. The third-order valence-corrected chi connectivity index (χ3v) is 10.3. The maximum atomic E-state index is 13.1. The number of anilines is 2. The van der Waals surface area contributed by atoms with E-state index in [1.54, 1.807) is 24.3 Å². The Hall–Kier alpha value is -2.43. The molecule has 3 saturated heterocycles. The van der Waals surface area contributed by atoms with E-state index >= 15 is 0 Å². The van der Waals surface area contributed by atoms with Gasteiger partial charge in [0.25, 0.3) is 0 Å². The van der Waals surface area contributed by atoms with Crippen molar-refractivity contribution in [3.63, 3.8) is 0 Å². The van der Waals surface area contributed by atoms with E-state index < -0.39 is 129 Å². The first-order valence-electron chi connectivity index (χ1n) is 17.7. The third-order valence-electron chi connectivity index (χ3n) is 10.3. The van der Waals surface area contributed by atoms with Gasteiger partial charge in [0.05, 0.1) is 18.8 Å². The first-order valence-corrected chi connectivity index (χ1v) is 17.7. The van der Waals surface area contributed by atoms with Crippen LogP contribution in [-0.2, 0) is 28.4 Å². The molecule has 3 heterocycles. The van der Waals surface area contributed by atoms with Crippen molar-refractivity contribution in [2.24, 2.45) is 28.7 Å². The Labute approximate surface area is 311 Å². The lowest BCUT2D eigenvalue weighted by molar-refractivity contribution is -0.307. The second-order valence-corrected chi connectivity index (χ2v) is 14.2. The van der Waals surface area contributed by atoms with Gasteiger partial charge in [-0.2, -0.15) is 0 Å². The van der Waals surface area contributed by atoms with Crippen LogP contribution in [0, 0.1) is 0 Å². The molecule has 0 unspecified atom stereocenters. The van der Waals surface area contributed by atoms with Gasteiger partial charge in [-0.05, 0) is 30.7 Å². The molecular formula is C32H56N8O14. The molecule has 4 fully saturated rings. The van der Waals surface area contributed by atoms with Crippen molar-refractivity contribution in [2.75, 3.05) is 44.0 Å². The van der Waals surface area contributed by atoms with E-state index in [1.165, 1.54) is 0 Å². The van der Waals surface area contributed by atoms with Crippen LogP contribution < -0.4 is 44.2 Å². The van der Waals surface area contributed by atoms with Crippen LogP contribution in [0.15, 0.2) is 24.3 Å². The molecule has 54 heavy (non-hydrogen) atoms. The van der Waals surface area contributed by atoms with Crippen LogP contribution >= 0.6 is 0 Å². The molecule has 308 valence electrons. The normalized spacial score (nSPS) is 44.1. The lowest BCUT2D eigenvalue weighted by atomic mass is 9.84. The summed E-state index contributed by atoms with van der Waals surface area (Å²) < 4.78 is 35.5. The number of hydrogen-bond donors (Lipinski definition) is 14. The molecule has 19 N–H and O–H groups in total. The number of ether oxygens (including phenoxy) is 6. The maximum Gasteiger partial charge on any atom is 0.319 e. The van der Waals surface area contributed by atoms with Gasteiger partial charge in [-0.25, -0.2) is 4.79 Å². The summed E-state index contributed by atoms with van der Waals surface area (Å²) in [5.74, 6) is 0. The first kappa shape index (κ1) is 42.7. The van der Waals surface area contributed by atoms with Gasteiger partial charge in [-0.15, -0.1) is 0 Å². The summed E-state index contributed by atoms with van der Waals surface area (Å²) in [5.41, 5.74) is 31.4. The number of amides is 2. The second-order valence-electron chi connectivity index (χ2n) is 14.2. The average Bonchev–Trinajstić information content (AvgIpc) is 3.44. The molecule has 1 aliphatic carbocycles. The summed E-state index contributed by atoms with van der Waals surface area (Å²) in [5, 5.41) is 80.6. The molecule has 1 saturated carbocycles. The highest BCUT2D eigenvalue weighted by Crippen LogP contribution is 2.34. The van der Waals surface area contributed by atoms with Crippen LogP contribution in [0.2, 0.25) is 0 Å². The second kappa shape index (κ2) is 18.2. The Kier molecular flexibility index (Phi) is 14.4. The number of aliphatic hydroxyl groups is 7. The van der Waals surface area contributed by atoms with Gasteiger partial charge in [0, 0.05) is 50.6 Å². The van der Waals surface area contributed by atoms with E-state index in [0.29, 0.717) is 5.69 Å². The fourth-order valence-corrected chi connectivity index (χ4v) is 7.03. The molecule has 22 heteroatoms. The molecule has 5 rings (SSSR count). The predicted octanol–water partition coefficient (Wildman–Crippen LogP) is -6.97. The van der Waals surface area contributed by atoms with Crippen LogP contribution in [0.5, 0.6) is 0 Å². The van der Waals surface area contributed by atoms with Crippen molar-refractivity contribution >= 4 is 17.4 Å². The fourth-order valence-electron chi connectivity index (χ4n) is 7.03. The number of nitrogens with two attached hydrogens (primary N) is 5. The molecule has 22 nitrogen and oxygen atoms in total. The van der Waals surface area contributed by atoms with Gasteiger partial charge in [-0.1, -0.05) is 0 Å². The van der Waals surface area contributed by atoms with Crippen molar-refractivity contribution in [1.29, 1.82) is 0 Å². The average molecular weight is 777 g/mol. The molecule has 0 bridgehead atoms. The van der Waals surface area contributed by atoms with Gasteiger partial charge >= 0.3 is 6.03 Å². The number of aliphatic hydroxyl groups excluding tert-OH is 7. The largest absolute Gasteiger partial charge is 0.394 e. The minimum atomic E-state index is -1.72. The van der Waals surface area contributed by atoms with E-state index in [-0.39, 0.29) is 19.5 Å². The lowest BCUT2D eigenvalue weighted by Crippen LogP contribution is -2.68. The SMILES string of the molecule is CN(C)c1ccc(NC(=O)N[C@H]2[C@@H](O[C@H]3[C@@H](O)[C@H](O[C@@H]4[C@@H](O)[C@H](N)C[C@H](N)[C@H]4O[C@H]4O[C@H](CN)[C@@H](O)[C@H](O)[C@H]4N)O[C@@H]3CO)O[C@@H](CN)[C@@H](O)[C@@H]2O)cc1. The summed E-state index contributed by atoms with van der Waals surface area (Å²) >= 11 is 0. The number of benzene rings is 1. The minimum Gasteiger partial charge on any atom is -0.394 e. The van der Waals surface area contributed by atoms with Crippen molar-refractivity contribution in [1.82, 2.24) is 5.32 Å². The number of hydrogen-bond acceptors (Lipinski definition) is 20. The van der Waals surface area contributed by atoms with Gasteiger partial charge in [-0.3, -0.25) is 0 Å². The zero-order valence-corrected chi connectivity index (χ0v) is 29.9. The smallest absolute Gasteiger partial charge is 0.319 e. The van der Waals surface area contributed by atoms with Crippen molar-refractivity contribution in [2.45, 2.75) is 123 Å². The standard InChI is InChI=1S/C32H56N8O14/c1-40(2)12-5-3-11(4-6-12)38-32(48)39-19-24(46)22(44)16(9-34)50-30(19)53-27-17(10-41)51-31(25(27)47)54-28-20(42)13(35)7-14(36)26(28)52-29-18(37)23(45)21(43)15(8-33)49-29/h3-6,13-31,41-47H,7-10,33-37H2,1-2H3,(H2,38,39,48)/t13-,14+,15-,16+,17-,18-,19-,20+,21-,22-,23-,24-,25-,26-,27-,28-,29-,30-,31+/m1/s1. The monoisotopic (exact) mass is 776 g/mol. The lowest BCUT2D eigenvalue weighted by Gasteiger charge is -2.47. The summed E-state index contributed by atoms with van der Waals surface area (Å²) in [6, 6.07) is 1.57. The number of carbonyl (C=O) groups is 1. The molecular weight excluding hydrogens is 720 g/mol. The number of urea groups is 1. The Balaban J connectivity index is 1.31. The Morgan fingerprint density at radius 1 is 0.722 bits per heavy atom. The van der Waals surface area contributed by atoms with E-state index in [9.17, 15) is 40.5 Å². The molecule has 1 aromatic rings. The summed E-state index contributed by atoms with van der Waals surface area (Å²) in [6.07, 6.45) is -21.3. The summed E-state index contributed by atoms with van der Waals surface area (Å²) in [6.45, 7) is -1.16. The zero-order chi connectivity index (χ0) is 39.6. The number of carbonyl (C=O) groups excluding carboxylic acids is 1. The fraction of sp³-hybridized carbons (Fsp3) is 0.781. The van der Waals surface area contributed by atoms with Gasteiger partial charge in [0.15, 0.2) is 18.9 Å². The summed E-state index contributed by atoms with van der Waals surface area (Å²) in [7, 11) is 3.72. The highest BCUT2D eigenvalue weighted by molar-refractivity contribution is 5.89. The quantitative estimate of drug-likeness (QED) is 0.0937. The highest BCUT2D eigenvalue weighted by atomic mass is 16.8. The van der Waals surface area contributed by atoms with E-state index in [2.05, 4.69) is 10.6 Å². The Morgan fingerprint density at radius 2 is 1.28 bits per heavy atom. The highest BCUT2D eigenvalue weighted by Gasteiger charge is 2.55. The number of nitrogens with one attached hydrogen (secondary N) is 2. The third kappa shape index (κ3) is 9.07. The van der Waals surface area contributed by atoms with Gasteiger partial charge < -0.3 is 108 Å². The Bertz CT molecular complexity index is 1360. The van der Waals surface area contributed by atoms with Crippen LogP contribution in [-0.4, -0.2) is 192 Å². The molecule has 2 amide bonds. The number of nitrogens with zero attached hydrogens (tertiary/aromatic N) is 1. The molecule has 0 spiro atoms. The van der Waals surface area contributed by atoms with E-state index in [4.69, 9.17) is 57.1 Å². The van der Waals surface area contributed by atoms with Crippen LogP contribution in [0.25, 0.3) is 0 Å². The van der Waals surface area contributed by atoms with Gasteiger partial charge in [0.1, 0.15) is 73.2 Å². The minimum absolute atomic E-state index is 0.0527.